The van der Waals surface area contributed by atoms with Crippen LogP contribution in [-0.4, -0.2) is 5.43 Å². The average Bonchev–Trinajstić information content (AvgIpc) is 3.90. The molecule has 2 aliphatic rings. The Morgan fingerprint density at radius 1 is 0.556 bits per heavy atom. The second kappa shape index (κ2) is 16.0. The molecule has 2 heterocycles. The van der Waals surface area contributed by atoms with Crippen LogP contribution in [0.1, 0.15) is 74.8 Å². The van der Waals surface area contributed by atoms with Crippen molar-refractivity contribution in [1.29, 1.82) is 0 Å². The van der Waals surface area contributed by atoms with Crippen molar-refractivity contribution in [1.82, 2.24) is 0 Å². The van der Waals surface area contributed by atoms with Crippen molar-refractivity contribution in [3.05, 3.63) is 163 Å². The second-order valence-electron chi connectivity index (χ2n) is 14.7. The molecule has 0 aliphatic heterocycles. The molecule has 0 spiro atoms. The number of hydrogen-bond donors (Lipinski definition) is 0. The van der Waals surface area contributed by atoms with Gasteiger partial charge in [0.15, 0.2) is 0 Å². The van der Waals surface area contributed by atoms with Crippen molar-refractivity contribution < 1.29 is 29.2 Å². The van der Waals surface area contributed by atoms with Gasteiger partial charge in [-0.3, -0.25) is 0 Å². The van der Waals surface area contributed by atoms with Crippen LogP contribution in [0.25, 0.3) is 45.6 Å². The summed E-state index contributed by atoms with van der Waals surface area (Å²) in [4.78, 5) is 0. The molecule has 8 heteroatoms. The van der Waals surface area contributed by atoms with Gasteiger partial charge in [-0.25, -0.2) is 0 Å². The quantitative estimate of drug-likeness (QED) is 0.156. The molecular weight excluding hydrogens is 846 g/mol. The van der Waals surface area contributed by atoms with E-state index in [0.717, 1.165) is 44.2 Å². The van der Waals surface area contributed by atoms with Gasteiger partial charge in [-0.1, -0.05) is 0 Å². The van der Waals surface area contributed by atoms with Gasteiger partial charge in [0.25, 0.3) is 0 Å². The second-order valence-corrected chi connectivity index (χ2v) is 33.4. The first-order valence-electron chi connectivity index (χ1n) is 18.0. The summed E-state index contributed by atoms with van der Waals surface area (Å²) < 4.78 is 13.7. The zero-order valence-corrected chi connectivity index (χ0v) is 38.4. The van der Waals surface area contributed by atoms with Crippen LogP contribution in [0, 0.1) is 41.5 Å². The van der Waals surface area contributed by atoms with Gasteiger partial charge in [0.05, 0.1) is 0 Å². The van der Waals surface area contributed by atoms with Gasteiger partial charge in [-0.05, 0) is 0 Å². The first kappa shape index (κ1) is 40.8. The van der Waals surface area contributed by atoms with Crippen LogP contribution in [0.3, 0.4) is 0 Å². The van der Waals surface area contributed by atoms with Gasteiger partial charge in [0, 0.05) is 0 Å². The van der Waals surface area contributed by atoms with Gasteiger partial charge >= 0.3 is 328 Å². The minimum absolute atomic E-state index is 0. The minimum Gasteiger partial charge on any atom is -0.147 e. The molecular formula is C46H44Cl4O2SiZr. The minimum atomic E-state index is -2.75. The first-order valence-corrected chi connectivity index (χ1v) is 27.7. The molecule has 6 aromatic rings. The van der Waals surface area contributed by atoms with E-state index in [-0.39, 0.29) is 32.1 Å². The molecule has 2 aliphatic carbocycles. The number of aryl methyl sites for hydroxylation is 4. The van der Waals surface area contributed by atoms with Crippen molar-refractivity contribution in [2.24, 2.45) is 0 Å². The predicted molar refractivity (Wildman–Crippen MR) is 233 cm³/mol. The summed E-state index contributed by atoms with van der Waals surface area (Å²) in [5.74, 6) is 3.83. The van der Waals surface area contributed by atoms with Crippen LogP contribution in [0.2, 0.25) is 23.1 Å². The third-order valence-corrected chi connectivity index (χ3v) is 31.1. The molecule has 2 unspecified atom stereocenters. The van der Waals surface area contributed by atoms with Crippen LogP contribution in [-0.2, 0) is 20.4 Å². The molecule has 0 bridgehead atoms. The molecule has 2 atom stereocenters. The van der Waals surface area contributed by atoms with Crippen molar-refractivity contribution in [3.8, 4) is 22.3 Å². The van der Waals surface area contributed by atoms with Crippen LogP contribution < -0.4 is 0 Å². The Labute approximate surface area is 349 Å². The van der Waals surface area contributed by atoms with E-state index in [1.807, 2.05) is 38.1 Å². The molecule has 2 aromatic heterocycles. The van der Waals surface area contributed by atoms with E-state index in [4.69, 9.17) is 32.0 Å². The summed E-state index contributed by atoms with van der Waals surface area (Å²) in [5.41, 5.74) is 17.1. The Morgan fingerprint density at radius 3 is 1.28 bits per heavy atom. The standard InChI is InChI=1S/2C22H18ClO.C2H6Si.2ClH.Zr/c2*1-13-10-16-11-17(21-9-8-14(2)24-21)12-19(16)22(15(13)3)18-6-4-5-7-20(18)23;1-3-2;;;/h2*4-12H,1-3H3;1-2H3;2*1H;. The Bertz CT molecular complexity index is 2380. The number of allylic oxidation sites excluding steroid dienone is 2. The van der Waals surface area contributed by atoms with E-state index in [9.17, 15) is 0 Å². The SMILES string of the molecule is Cc1ccc(C2=Cc3c(cc(C)c(C)c3-c3ccccc3Cl)[CH]2[Zr]([CH]2C(c3ccc(C)o3)=Cc3c2cc(C)c(C)c3-c2ccccc2Cl)=[Si](C)C)o1.Cl.Cl. The van der Waals surface area contributed by atoms with Crippen molar-refractivity contribution in [3.63, 3.8) is 0 Å². The van der Waals surface area contributed by atoms with Gasteiger partial charge in [-0.15, -0.1) is 24.8 Å². The van der Waals surface area contributed by atoms with Crippen molar-refractivity contribution in [2.75, 3.05) is 0 Å². The molecule has 0 amide bonds. The molecule has 2 nitrogen and oxygen atoms in total. The number of benzene rings is 4. The Hall–Kier alpha value is -2.82. The summed E-state index contributed by atoms with van der Waals surface area (Å²) >= 11 is 11.2. The third kappa shape index (κ3) is 6.84. The summed E-state index contributed by atoms with van der Waals surface area (Å²) in [6, 6.07) is 30.2. The van der Waals surface area contributed by atoms with Gasteiger partial charge < -0.3 is 0 Å². The van der Waals surface area contributed by atoms with E-state index < -0.39 is 25.8 Å². The van der Waals surface area contributed by atoms with Gasteiger partial charge in [0.2, 0.25) is 0 Å². The van der Waals surface area contributed by atoms with E-state index in [1.54, 1.807) is 0 Å². The molecule has 0 N–H and O–H groups in total. The van der Waals surface area contributed by atoms with E-state index in [2.05, 4.69) is 114 Å². The number of rotatable bonds is 6. The monoisotopic (exact) mass is 886 g/mol. The summed E-state index contributed by atoms with van der Waals surface area (Å²) in [6.45, 7) is 18.2. The first-order chi connectivity index (χ1) is 24.9. The van der Waals surface area contributed by atoms with E-state index in [1.165, 1.54) is 66.8 Å². The Kier molecular flexibility index (Phi) is 12.1. The maximum atomic E-state index is 6.99. The maximum absolute atomic E-state index is 6.99. The fraction of sp³-hybridized carbons (Fsp3) is 0.217. The topological polar surface area (TPSA) is 26.3 Å². The molecule has 4 aromatic carbocycles. The summed E-state index contributed by atoms with van der Waals surface area (Å²) in [5, 5.41) is 1.56. The van der Waals surface area contributed by atoms with Gasteiger partial charge in [-0.2, -0.15) is 0 Å². The van der Waals surface area contributed by atoms with Crippen LogP contribution in [0.4, 0.5) is 0 Å². The fourth-order valence-corrected chi connectivity index (χ4v) is 28.8. The van der Waals surface area contributed by atoms with Crippen LogP contribution in [0.5, 0.6) is 0 Å². The zero-order valence-electron chi connectivity index (χ0n) is 31.8. The van der Waals surface area contributed by atoms with E-state index >= 15 is 0 Å². The van der Waals surface area contributed by atoms with Crippen LogP contribution >= 0.6 is 48.0 Å². The summed E-state index contributed by atoms with van der Waals surface area (Å²) in [7, 11) is 0. The number of hydrogen-bond acceptors (Lipinski definition) is 2. The largest absolute Gasteiger partial charge is 0.147 e. The maximum Gasteiger partial charge on any atom is -0.147 e. The number of fused-ring (bicyclic) bond motifs is 2. The third-order valence-electron chi connectivity index (χ3n) is 11.2. The predicted octanol–water partition coefficient (Wildman–Crippen LogP) is 15.0. The van der Waals surface area contributed by atoms with Crippen LogP contribution in [0.15, 0.2) is 93.8 Å². The molecule has 0 saturated heterocycles. The molecule has 0 saturated carbocycles. The summed E-state index contributed by atoms with van der Waals surface area (Å²) in [6.07, 6.45) is 4.92. The zero-order chi connectivity index (χ0) is 36.6. The molecule has 0 radical (unpaired) electrons. The Morgan fingerprint density at radius 2 is 0.944 bits per heavy atom. The molecule has 0 fully saturated rings. The fourth-order valence-electron chi connectivity index (χ4n) is 8.57. The number of halogens is 4. The van der Waals surface area contributed by atoms with Crippen molar-refractivity contribution in [2.45, 2.75) is 61.9 Å². The Balaban J connectivity index is 0.00000249. The molecule has 54 heavy (non-hydrogen) atoms. The molecule has 8 rings (SSSR count). The van der Waals surface area contributed by atoms with E-state index in [0.29, 0.717) is 0 Å². The molecule has 276 valence electrons. The number of furan rings is 2. The van der Waals surface area contributed by atoms with Gasteiger partial charge in [0.1, 0.15) is 0 Å². The smallest absolute Gasteiger partial charge is 0.147 e. The van der Waals surface area contributed by atoms with Crippen molar-refractivity contribution >= 4 is 76.7 Å². The average molecular weight is 890 g/mol. The normalized spacial score (nSPS) is 15.5.